The second-order valence-electron chi connectivity index (χ2n) is 7.26. The number of rotatable bonds is 10. The molecule has 0 fully saturated rings. The quantitative estimate of drug-likeness (QED) is 0.551. The zero-order valence-electron chi connectivity index (χ0n) is 13.8. The van der Waals surface area contributed by atoms with Crippen LogP contribution in [0.4, 0.5) is 0 Å². The van der Waals surface area contributed by atoms with Gasteiger partial charge in [-0.05, 0) is 32.1 Å². The van der Waals surface area contributed by atoms with E-state index in [4.69, 9.17) is 0 Å². The lowest BCUT2D eigenvalue weighted by Gasteiger charge is -2.17. The Morgan fingerprint density at radius 3 is 1.84 bits per heavy atom. The topological polar surface area (TPSA) is 29.1 Å². The molecule has 0 aromatic carbocycles. The summed E-state index contributed by atoms with van der Waals surface area (Å²) in [6, 6.07) is 0.273. The van der Waals surface area contributed by atoms with Crippen LogP contribution in [0.3, 0.4) is 0 Å². The van der Waals surface area contributed by atoms with Gasteiger partial charge in [-0.25, -0.2) is 0 Å². The summed E-state index contributed by atoms with van der Waals surface area (Å²) in [5.41, 5.74) is 0.490. The number of hydrogen-bond donors (Lipinski definition) is 1. The second-order valence-corrected chi connectivity index (χ2v) is 7.26. The molecule has 0 aliphatic carbocycles. The van der Waals surface area contributed by atoms with Crippen molar-refractivity contribution in [3.8, 4) is 0 Å². The molecule has 0 saturated carbocycles. The van der Waals surface area contributed by atoms with Crippen molar-refractivity contribution in [1.82, 2.24) is 5.32 Å². The first-order valence-corrected chi connectivity index (χ1v) is 8.10. The molecule has 2 heteroatoms. The van der Waals surface area contributed by atoms with Gasteiger partial charge >= 0.3 is 0 Å². The van der Waals surface area contributed by atoms with Gasteiger partial charge in [0.05, 0.1) is 0 Å². The monoisotopic (exact) mass is 269 g/mol. The Morgan fingerprint density at radius 2 is 1.37 bits per heavy atom. The number of hydrogen-bond acceptors (Lipinski definition) is 1. The first-order valence-electron chi connectivity index (χ1n) is 8.10. The molecule has 1 amide bonds. The summed E-state index contributed by atoms with van der Waals surface area (Å²) in [4.78, 5) is 11.4. The maximum absolute atomic E-state index is 11.4. The van der Waals surface area contributed by atoms with Crippen LogP contribution in [0.15, 0.2) is 0 Å². The molecular weight excluding hydrogens is 234 g/mol. The van der Waals surface area contributed by atoms with Gasteiger partial charge in [0.25, 0.3) is 0 Å². The number of amides is 1. The van der Waals surface area contributed by atoms with Crippen LogP contribution in [0.2, 0.25) is 0 Å². The lowest BCUT2D eigenvalue weighted by Crippen LogP contribution is -2.29. The first kappa shape index (κ1) is 18.5. The highest BCUT2D eigenvalue weighted by atomic mass is 16.1. The highest BCUT2D eigenvalue weighted by Gasteiger charge is 2.08. The lowest BCUT2D eigenvalue weighted by molar-refractivity contribution is -0.121. The Bertz CT molecular complexity index is 228. The highest BCUT2D eigenvalue weighted by Crippen LogP contribution is 2.22. The largest absolute Gasteiger partial charge is 0.354 e. The molecular formula is C17H35NO. The molecule has 114 valence electrons. The van der Waals surface area contributed by atoms with Crippen LogP contribution in [-0.4, -0.2) is 11.9 Å². The van der Waals surface area contributed by atoms with Gasteiger partial charge in [-0.1, -0.05) is 59.3 Å². The van der Waals surface area contributed by atoms with Crippen LogP contribution in [0.25, 0.3) is 0 Å². The van der Waals surface area contributed by atoms with E-state index >= 15 is 0 Å². The molecule has 2 nitrogen and oxygen atoms in total. The molecule has 0 atom stereocenters. The summed E-state index contributed by atoms with van der Waals surface area (Å²) in [5.74, 6) is 0.208. The summed E-state index contributed by atoms with van der Waals surface area (Å²) < 4.78 is 0. The van der Waals surface area contributed by atoms with E-state index in [1.807, 2.05) is 13.8 Å². The van der Waals surface area contributed by atoms with E-state index in [9.17, 15) is 4.79 Å². The summed E-state index contributed by atoms with van der Waals surface area (Å²) in [7, 11) is 0. The minimum Gasteiger partial charge on any atom is -0.354 e. The maximum atomic E-state index is 11.4. The maximum Gasteiger partial charge on any atom is 0.220 e. The number of unbranched alkanes of at least 4 members (excludes halogenated alkanes) is 6. The fourth-order valence-corrected chi connectivity index (χ4v) is 2.22. The minimum absolute atomic E-state index is 0.208. The molecule has 0 aromatic rings. The number of carbonyl (C=O) groups excluding carboxylic acids is 1. The van der Waals surface area contributed by atoms with E-state index in [2.05, 4.69) is 26.1 Å². The van der Waals surface area contributed by atoms with Crippen molar-refractivity contribution in [2.45, 2.75) is 98.4 Å². The average molecular weight is 269 g/mol. The fraction of sp³-hybridized carbons (Fsp3) is 0.941. The van der Waals surface area contributed by atoms with Gasteiger partial charge in [-0.2, -0.15) is 0 Å². The molecule has 0 bridgehead atoms. The van der Waals surface area contributed by atoms with Gasteiger partial charge in [-0.3, -0.25) is 4.79 Å². The Balaban J connectivity index is 3.21. The molecule has 0 heterocycles. The predicted octanol–water partition coefficient (Wildman–Crippen LogP) is 5.07. The van der Waals surface area contributed by atoms with Gasteiger partial charge in [-0.15, -0.1) is 0 Å². The smallest absolute Gasteiger partial charge is 0.220 e. The Morgan fingerprint density at radius 1 is 0.895 bits per heavy atom. The third-order valence-corrected chi connectivity index (χ3v) is 3.28. The normalized spacial score (nSPS) is 11.9. The molecule has 0 aliphatic rings. The van der Waals surface area contributed by atoms with Crippen molar-refractivity contribution in [2.24, 2.45) is 5.41 Å². The number of nitrogens with one attached hydrogen (secondary N) is 1. The van der Waals surface area contributed by atoms with E-state index in [1.54, 1.807) is 0 Å². The third-order valence-electron chi connectivity index (χ3n) is 3.28. The molecule has 19 heavy (non-hydrogen) atoms. The van der Waals surface area contributed by atoms with Crippen molar-refractivity contribution in [2.75, 3.05) is 0 Å². The van der Waals surface area contributed by atoms with Gasteiger partial charge in [0.15, 0.2) is 0 Å². The van der Waals surface area contributed by atoms with Crippen molar-refractivity contribution in [1.29, 1.82) is 0 Å². The van der Waals surface area contributed by atoms with Gasteiger partial charge in [0, 0.05) is 12.5 Å². The van der Waals surface area contributed by atoms with E-state index < -0.39 is 0 Å². The molecule has 0 spiro atoms. The highest BCUT2D eigenvalue weighted by molar-refractivity contribution is 5.76. The molecule has 0 aliphatic heterocycles. The van der Waals surface area contributed by atoms with E-state index in [1.165, 1.54) is 44.9 Å². The molecule has 0 saturated heterocycles. The lowest BCUT2D eigenvalue weighted by atomic mass is 9.89. The Labute approximate surface area is 120 Å². The molecule has 0 unspecified atom stereocenters. The zero-order chi connectivity index (χ0) is 14.7. The molecule has 1 N–H and O–H groups in total. The molecule has 0 aromatic heterocycles. The summed E-state index contributed by atoms with van der Waals surface area (Å²) >= 11 is 0. The molecule has 0 rings (SSSR count). The summed E-state index contributed by atoms with van der Waals surface area (Å²) in [5, 5.41) is 2.94. The van der Waals surface area contributed by atoms with Gasteiger partial charge < -0.3 is 5.32 Å². The van der Waals surface area contributed by atoms with Crippen LogP contribution in [0.1, 0.15) is 92.4 Å². The van der Waals surface area contributed by atoms with Gasteiger partial charge in [0.1, 0.15) is 0 Å². The van der Waals surface area contributed by atoms with E-state index in [0.717, 1.165) is 6.42 Å². The Hall–Kier alpha value is -0.530. The van der Waals surface area contributed by atoms with Crippen LogP contribution in [-0.2, 0) is 4.79 Å². The average Bonchev–Trinajstić information content (AvgIpc) is 2.24. The summed E-state index contributed by atoms with van der Waals surface area (Å²) in [6.45, 7) is 11.0. The second kappa shape index (κ2) is 10.3. The van der Waals surface area contributed by atoms with Crippen molar-refractivity contribution in [3.63, 3.8) is 0 Å². The van der Waals surface area contributed by atoms with Crippen LogP contribution < -0.4 is 5.32 Å². The van der Waals surface area contributed by atoms with E-state index in [0.29, 0.717) is 11.8 Å². The van der Waals surface area contributed by atoms with Crippen LogP contribution in [0, 0.1) is 5.41 Å². The zero-order valence-corrected chi connectivity index (χ0v) is 13.8. The van der Waals surface area contributed by atoms with Crippen molar-refractivity contribution in [3.05, 3.63) is 0 Å². The molecule has 0 radical (unpaired) electrons. The first-order chi connectivity index (χ1) is 8.81. The van der Waals surface area contributed by atoms with E-state index in [-0.39, 0.29) is 11.9 Å². The van der Waals surface area contributed by atoms with Gasteiger partial charge in [0.2, 0.25) is 5.91 Å². The number of carbonyl (C=O) groups is 1. The SMILES string of the molecule is CC(C)NC(=O)CCCCCCCCCC(C)(C)C. The van der Waals surface area contributed by atoms with Crippen LogP contribution >= 0.6 is 0 Å². The van der Waals surface area contributed by atoms with Crippen molar-refractivity contribution >= 4 is 5.91 Å². The summed E-state index contributed by atoms with van der Waals surface area (Å²) in [6.07, 6.45) is 11.0. The standard InChI is InChI=1S/C17H35NO/c1-15(2)18-16(19)13-11-9-7-6-8-10-12-14-17(3,4)5/h15H,6-14H2,1-5H3,(H,18,19). The van der Waals surface area contributed by atoms with Crippen molar-refractivity contribution < 1.29 is 4.79 Å². The van der Waals surface area contributed by atoms with Crippen LogP contribution in [0.5, 0.6) is 0 Å². The minimum atomic E-state index is 0.208. The predicted molar refractivity (Wildman–Crippen MR) is 84.3 cm³/mol. The fourth-order valence-electron chi connectivity index (χ4n) is 2.22. The third kappa shape index (κ3) is 15.4. The Kier molecular flexibility index (Phi) is 9.99.